The summed E-state index contributed by atoms with van der Waals surface area (Å²) in [5.41, 5.74) is 5.01. The lowest BCUT2D eigenvalue weighted by molar-refractivity contribution is -0.242. The van der Waals surface area contributed by atoms with Crippen LogP contribution in [0.3, 0.4) is 0 Å². The average Bonchev–Trinajstić information content (AvgIpc) is 3.05. The Balaban J connectivity index is 1.82. The van der Waals surface area contributed by atoms with Crippen molar-refractivity contribution in [1.82, 2.24) is 10.5 Å². The van der Waals surface area contributed by atoms with E-state index in [4.69, 9.17) is 14.5 Å². The Morgan fingerprint density at radius 1 is 1.21 bits per heavy atom. The molecular weight excluding hydrogens is 390 g/mol. The monoisotopic (exact) mass is 411 g/mol. The third kappa shape index (κ3) is 3.14. The number of hydrogen-bond donors (Lipinski definition) is 1. The fourth-order valence-electron chi connectivity index (χ4n) is 3.66. The largest absolute Gasteiger partial charge is 0.399 e. The van der Waals surface area contributed by atoms with Gasteiger partial charge in [0.2, 0.25) is 11.4 Å². The van der Waals surface area contributed by atoms with Crippen LogP contribution < -0.4 is 5.48 Å². The zero-order chi connectivity index (χ0) is 20.4. The number of nitrogens with zero attached hydrogens (tertiary/aromatic N) is 2. The van der Waals surface area contributed by atoms with Gasteiger partial charge in [-0.3, -0.25) is 9.63 Å². The molecule has 1 unspecified atom stereocenters. The Labute approximate surface area is 173 Å². The molecule has 0 amide bonds. The van der Waals surface area contributed by atoms with Crippen molar-refractivity contribution < 1.29 is 19.3 Å². The number of benzene rings is 2. The summed E-state index contributed by atoms with van der Waals surface area (Å²) in [6.45, 7) is 0.319. The van der Waals surface area contributed by atoms with Gasteiger partial charge >= 0.3 is 0 Å². The lowest BCUT2D eigenvalue weighted by Crippen LogP contribution is -2.59. The number of allylic oxidation sites excluding steroid dienone is 1. The highest BCUT2D eigenvalue weighted by atomic mass is 32.2. The highest BCUT2D eigenvalue weighted by Gasteiger charge is 2.56. The molecule has 2 aliphatic rings. The predicted octanol–water partition coefficient (Wildman–Crippen LogP) is 2.98. The van der Waals surface area contributed by atoms with Crippen LogP contribution in [0.15, 0.2) is 70.4 Å². The van der Waals surface area contributed by atoms with Crippen LogP contribution in [0.2, 0.25) is 0 Å². The maximum absolute atomic E-state index is 13.3. The van der Waals surface area contributed by atoms with Crippen LogP contribution in [0.25, 0.3) is 0 Å². The first-order valence-electron chi connectivity index (χ1n) is 8.99. The van der Waals surface area contributed by atoms with Crippen molar-refractivity contribution in [2.45, 2.75) is 17.2 Å². The van der Waals surface area contributed by atoms with Gasteiger partial charge in [0.05, 0.1) is 7.11 Å². The average molecular weight is 411 g/mol. The number of carbonyl (C=O) groups is 1. The maximum atomic E-state index is 13.3. The summed E-state index contributed by atoms with van der Waals surface area (Å²) in [6.07, 6.45) is 3.52. The number of rotatable bonds is 6. The Hall–Kier alpha value is -2.65. The van der Waals surface area contributed by atoms with E-state index in [-0.39, 0.29) is 5.78 Å². The topological polar surface area (TPSA) is 72.4 Å². The van der Waals surface area contributed by atoms with E-state index in [2.05, 4.69) is 10.6 Å². The first-order valence-corrected chi connectivity index (χ1v) is 10.2. The van der Waals surface area contributed by atoms with Crippen LogP contribution in [0.5, 0.6) is 0 Å². The number of oxime groups is 1. The van der Waals surface area contributed by atoms with Crippen LogP contribution >= 0.6 is 11.8 Å². The van der Waals surface area contributed by atoms with Crippen LogP contribution in [0.1, 0.15) is 16.7 Å². The summed E-state index contributed by atoms with van der Waals surface area (Å²) in [6, 6.07) is 15.5. The second-order valence-corrected chi connectivity index (χ2v) is 7.37. The minimum atomic E-state index is -1.33. The standard InChI is InChI=1S/C21H21N3O4S/c1-26-22-20(14-8-10-16(29-3)11-9-14)18-12-19(25)21(23-27-2)17-7-5-4-6-15(17)13-28-24(18)21/h4-12,23H,13H2,1-3H3/b22-20+. The summed E-state index contributed by atoms with van der Waals surface area (Å²) >= 11 is 1.65. The molecule has 0 spiro atoms. The molecule has 2 aromatic carbocycles. The van der Waals surface area contributed by atoms with E-state index < -0.39 is 5.66 Å². The molecule has 2 heterocycles. The van der Waals surface area contributed by atoms with E-state index in [0.717, 1.165) is 21.6 Å². The number of fused-ring (bicyclic) bond motifs is 3. The van der Waals surface area contributed by atoms with Gasteiger partial charge in [-0.15, -0.1) is 11.8 Å². The Kier molecular flexibility index (Phi) is 5.42. The van der Waals surface area contributed by atoms with E-state index in [0.29, 0.717) is 18.0 Å². The quantitative estimate of drug-likeness (QED) is 0.445. The molecule has 0 radical (unpaired) electrons. The number of nitrogens with one attached hydrogen (secondary N) is 1. The van der Waals surface area contributed by atoms with E-state index in [1.54, 1.807) is 11.8 Å². The number of hydroxylamine groups is 3. The van der Waals surface area contributed by atoms with Crippen molar-refractivity contribution >= 4 is 23.3 Å². The summed E-state index contributed by atoms with van der Waals surface area (Å²) in [4.78, 5) is 30.8. The molecule has 1 N–H and O–H groups in total. The van der Waals surface area contributed by atoms with Crippen molar-refractivity contribution in [2.75, 3.05) is 20.5 Å². The van der Waals surface area contributed by atoms with Gasteiger partial charge in [0.1, 0.15) is 25.1 Å². The van der Waals surface area contributed by atoms with Crippen molar-refractivity contribution in [2.24, 2.45) is 5.16 Å². The molecule has 150 valence electrons. The van der Waals surface area contributed by atoms with E-state index >= 15 is 0 Å². The summed E-state index contributed by atoms with van der Waals surface area (Å²) in [5.74, 6) is -0.217. The van der Waals surface area contributed by atoms with Crippen LogP contribution in [0, 0.1) is 0 Å². The molecule has 8 heteroatoms. The summed E-state index contributed by atoms with van der Waals surface area (Å²) < 4.78 is 0. The number of ketones is 1. The Morgan fingerprint density at radius 2 is 1.97 bits per heavy atom. The molecule has 2 aromatic rings. The van der Waals surface area contributed by atoms with E-state index in [1.165, 1.54) is 25.4 Å². The number of thioether (sulfide) groups is 1. The van der Waals surface area contributed by atoms with Gasteiger partial charge < -0.3 is 9.68 Å². The lowest BCUT2D eigenvalue weighted by atomic mass is 9.91. The summed E-state index contributed by atoms with van der Waals surface area (Å²) in [7, 11) is 2.95. The molecular formula is C21H21N3O4S. The predicted molar refractivity (Wildman–Crippen MR) is 110 cm³/mol. The normalized spacial score (nSPS) is 20.9. The van der Waals surface area contributed by atoms with Crippen molar-refractivity contribution in [3.8, 4) is 0 Å². The van der Waals surface area contributed by atoms with Gasteiger partial charge in [-0.05, 0) is 24.0 Å². The van der Waals surface area contributed by atoms with Crippen LogP contribution in [-0.2, 0) is 31.6 Å². The fourth-order valence-corrected chi connectivity index (χ4v) is 4.06. The second kappa shape index (κ2) is 8.00. The van der Waals surface area contributed by atoms with Gasteiger partial charge in [0.25, 0.3) is 0 Å². The minimum absolute atomic E-state index is 0.217. The zero-order valence-electron chi connectivity index (χ0n) is 16.3. The molecule has 0 aliphatic carbocycles. The van der Waals surface area contributed by atoms with Gasteiger partial charge in [-0.1, -0.05) is 41.6 Å². The molecule has 0 fully saturated rings. The van der Waals surface area contributed by atoms with Crippen molar-refractivity contribution in [1.29, 1.82) is 0 Å². The SMILES string of the molecule is CO/N=C(/C1=CC(=O)C2(NOC)c3ccccc3CON12)c1ccc(SC)cc1. The molecule has 0 aromatic heterocycles. The molecule has 29 heavy (non-hydrogen) atoms. The van der Waals surface area contributed by atoms with E-state index in [9.17, 15) is 4.79 Å². The molecule has 7 nitrogen and oxygen atoms in total. The molecule has 2 aliphatic heterocycles. The Morgan fingerprint density at radius 3 is 2.66 bits per heavy atom. The van der Waals surface area contributed by atoms with Gasteiger partial charge in [-0.2, -0.15) is 5.48 Å². The van der Waals surface area contributed by atoms with Gasteiger partial charge in [0, 0.05) is 22.1 Å². The summed E-state index contributed by atoms with van der Waals surface area (Å²) in [5, 5.41) is 5.73. The Bertz CT molecular complexity index is 990. The molecule has 4 rings (SSSR count). The first-order chi connectivity index (χ1) is 14.2. The number of carbonyl (C=O) groups excluding carboxylic acids is 1. The van der Waals surface area contributed by atoms with Gasteiger partial charge in [-0.25, -0.2) is 5.06 Å². The third-order valence-corrected chi connectivity index (χ3v) is 5.69. The van der Waals surface area contributed by atoms with Crippen LogP contribution in [0.4, 0.5) is 0 Å². The number of hydrogen-bond acceptors (Lipinski definition) is 8. The smallest absolute Gasteiger partial charge is 0.227 e. The highest BCUT2D eigenvalue weighted by molar-refractivity contribution is 7.98. The molecule has 0 bridgehead atoms. The molecule has 1 atom stereocenters. The molecule has 0 saturated carbocycles. The van der Waals surface area contributed by atoms with E-state index in [1.807, 2.05) is 54.8 Å². The van der Waals surface area contributed by atoms with Gasteiger partial charge in [0.15, 0.2) is 0 Å². The lowest BCUT2D eigenvalue weighted by Gasteiger charge is -2.43. The molecule has 0 saturated heterocycles. The van der Waals surface area contributed by atoms with Crippen LogP contribution in [-0.4, -0.2) is 37.0 Å². The third-order valence-electron chi connectivity index (χ3n) is 4.94. The van der Waals surface area contributed by atoms with Crippen molar-refractivity contribution in [3.63, 3.8) is 0 Å². The zero-order valence-corrected chi connectivity index (χ0v) is 17.2. The van der Waals surface area contributed by atoms with Crippen molar-refractivity contribution in [3.05, 3.63) is 77.0 Å². The minimum Gasteiger partial charge on any atom is -0.399 e. The fraction of sp³-hybridized carbons (Fsp3) is 0.238. The second-order valence-electron chi connectivity index (χ2n) is 6.49. The first kappa shape index (κ1) is 19.7. The highest BCUT2D eigenvalue weighted by Crippen LogP contribution is 2.43. The maximum Gasteiger partial charge on any atom is 0.227 e.